The van der Waals surface area contributed by atoms with Crippen LogP contribution in [0.1, 0.15) is 42.5 Å². The summed E-state index contributed by atoms with van der Waals surface area (Å²) in [5.74, 6) is -0.868. The van der Waals surface area contributed by atoms with Crippen molar-refractivity contribution in [3.8, 4) is 0 Å². The van der Waals surface area contributed by atoms with Gasteiger partial charge in [0, 0.05) is 12.4 Å². The monoisotopic (exact) mass is 248 g/mol. The molecule has 0 radical (unpaired) electrons. The number of aromatic nitrogens is 1. The zero-order valence-corrected chi connectivity index (χ0v) is 10.1. The lowest BCUT2D eigenvalue weighted by Crippen LogP contribution is -2.31. The predicted molar refractivity (Wildman–Crippen MR) is 64.4 cm³/mol. The topological polar surface area (TPSA) is 68.3 Å². The van der Waals surface area contributed by atoms with Crippen molar-refractivity contribution in [2.75, 3.05) is 0 Å². The van der Waals surface area contributed by atoms with Gasteiger partial charge in [0.15, 0.2) is 0 Å². The number of carbonyl (C=O) groups excluding carboxylic acids is 2. The first-order chi connectivity index (χ1) is 8.77. The molecule has 0 bridgehead atoms. The van der Waals surface area contributed by atoms with Crippen LogP contribution >= 0.6 is 0 Å². The van der Waals surface area contributed by atoms with Crippen molar-refractivity contribution in [2.45, 2.75) is 32.1 Å². The smallest absolute Gasteiger partial charge is 0.335 e. The number of carbonyl (C=O) groups is 2. The lowest BCUT2D eigenvalue weighted by atomic mass is 9.89. The van der Waals surface area contributed by atoms with E-state index in [0.29, 0.717) is 5.56 Å². The van der Waals surface area contributed by atoms with Gasteiger partial charge in [-0.2, -0.15) is 5.48 Å². The molecule has 0 spiro atoms. The second-order valence-corrected chi connectivity index (χ2v) is 4.43. The number of hydrogen-bond acceptors (Lipinski definition) is 4. The molecule has 2 rings (SSSR count). The van der Waals surface area contributed by atoms with Crippen LogP contribution in [0.5, 0.6) is 0 Å². The van der Waals surface area contributed by atoms with Gasteiger partial charge < -0.3 is 4.84 Å². The van der Waals surface area contributed by atoms with Crippen LogP contribution in [0.15, 0.2) is 24.5 Å². The molecule has 1 fully saturated rings. The first-order valence-electron chi connectivity index (χ1n) is 6.18. The van der Waals surface area contributed by atoms with E-state index in [1.165, 1.54) is 12.6 Å². The summed E-state index contributed by atoms with van der Waals surface area (Å²) in [6, 6.07) is 3.26. The highest BCUT2D eigenvalue weighted by atomic mass is 16.7. The van der Waals surface area contributed by atoms with E-state index >= 15 is 0 Å². The quantitative estimate of drug-likeness (QED) is 0.811. The highest BCUT2D eigenvalue weighted by molar-refractivity contribution is 5.93. The van der Waals surface area contributed by atoms with Gasteiger partial charge >= 0.3 is 5.97 Å². The van der Waals surface area contributed by atoms with Gasteiger partial charge in [-0.1, -0.05) is 19.3 Å². The predicted octanol–water partition coefficient (Wildman–Crippen LogP) is 1.85. The second kappa shape index (κ2) is 6.14. The molecule has 5 nitrogen and oxygen atoms in total. The van der Waals surface area contributed by atoms with Crippen molar-refractivity contribution in [3.05, 3.63) is 30.1 Å². The summed E-state index contributed by atoms with van der Waals surface area (Å²) in [7, 11) is 0. The Kier molecular flexibility index (Phi) is 4.28. The zero-order chi connectivity index (χ0) is 12.8. The van der Waals surface area contributed by atoms with Crippen LogP contribution in [0, 0.1) is 5.92 Å². The van der Waals surface area contributed by atoms with E-state index in [-0.39, 0.29) is 11.9 Å². The standard InChI is InChI=1S/C13H16N2O3/c16-12(11-7-4-8-14-9-11)15-18-13(17)10-5-2-1-3-6-10/h4,7-10H,1-3,5-6H2,(H,15,16). The maximum atomic E-state index is 11.7. The van der Waals surface area contributed by atoms with Crippen molar-refractivity contribution in [1.82, 2.24) is 10.5 Å². The number of nitrogens with one attached hydrogen (secondary N) is 1. The van der Waals surface area contributed by atoms with E-state index in [0.717, 1.165) is 25.7 Å². The fourth-order valence-corrected chi connectivity index (χ4v) is 2.07. The fraction of sp³-hybridized carbons (Fsp3) is 0.462. The van der Waals surface area contributed by atoms with Gasteiger partial charge in [-0.15, -0.1) is 0 Å². The molecule has 5 heteroatoms. The molecule has 96 valence electrons. The van der Waals surface area contributed by atoms with Gasteiger partial charge in [0.2, 0.25) is 0 Å². The van der Waals surface area contributed by atoms with Crippen LogP contribution in [0.3, 0.4) is 0 Å². The Bertz CT molecular complexity index is 414. The van der Waals surface area contributed by atoms with Gasteiger partial charge in [0.1, 0.15) is 0 Å². The summed E-state index contributed by atoms with van der Waals surface area (Å²) >= 11 is 0. The molecule has 1 aromatic heterocycles. The second-order valence-electron chi connectivity index (χ2n) is 4.43. The lowest BCUT2D eigenvalue weighted by molar-refractivity contribution is -0.155. The summed E-state index contributed by atoms with van der Waals surface area (Å²) in [5, 5.41) is 0. The largest absolute Gasteiger partial charge is 0.340 e. The zero-order valence-electron chi connectivity index (χ0n) is 10.1. The summed E-state index contributed by atoms with van der Waals surface area (Å²) in [6.45, 7) is 0. The Morgan fingerprint density at radius 2 is 2.06 bits per heavy atom. The Balaban J connectivity index is 1.80. The Labute approximate surface area is 106 Å². The molecule has 1 amide bonds. The van der Waals surface area contributed by atoms with Crippen molar-refractivity contribution >= 4 is 11.9 Å². The molecule has 0 aliphatic heterocycles. The molecule has 1 N–H and O–H groups in total. The number of hydrogen-bond donors (Lipinski definition) is 1. The first-order valence-corrected chi connectivity index (χ1v) is 6.18. The molecule has 18 heavy (non-hydrogen) atoms. The van der Waals surface area contributed by atoms with Gasteiger partial charge in [-0.05, 0) is 25.0 Å². The SMILES string of the molecule is O=C(NOC(=O)C1CCCCC1)c1cccnc1. The summed E-state index contributed by atoms with van der Waals surface area (Å²) in [4.78, 5) is 31.9. The van der Waals surface area contributed by atoms with Crippen molar-refractivity contribution < 1.29 is 14.4 Å². The van der Waals surface area contributed by atoms with Crippen LogP contribution < -0.4 is 5.48 Å². The van der Waals surface area contributed by atoms with Gasteiger partial charge in [-0.3, -0.25) is 9.78 Å². The third-order valence-electron chi connectivity index (χ3n) is 3.11. The van der Waals surface area contributed by atoms with E-state index in [1.54, 1.807) is 18.3 Å². The average Bonchev–Trinajstić information content (AvgIpc) is 2.46. The fourth-order valence-electron chi connectivity index (χ4n) is 2.07. The number of nitrogens with zero attached hydrogens (tertiary/aromatic N) is 1. The molecule has 1 saturated carbocycles. The minimum Gasteiger partial charge on any atom is -0.340 e. The Hall–Kier alpha value is -1.91. The van der Waals surface area contributed by atoms with Gasteiger partial charge in [0.25, 0.3) is 5.91 Å². The maximum absolute atomic E-state index is 11.7. The number of rotatable bonds is 2. The molecular weight excluding hydrogens is 232 g/mol. The van der Waals surface area contributed by atoms with Crippen LogP contribution in [-0.2, 0) is 9.63 Å². The van der Waals surface area contributed by atoms with Crippen LogP contribution in [-0.4, -0.2) is 16.9 Å². The molecule has 1 heterocycles. The minimum absolute atomic E-state index is 0.0760. The van der Waals surface area contributed by atoms with Crippen LogP contribution in [0.2, 0.25) is 0 Å². The third-order valence-corrected chi connectivity index (χ3v) is 3.11. The van der Waals surface area contributed by atoms with E-state index in [4.69, 9.17) is 4.84 Å². The highest BCUT2D eigenvalue weighted by Crippen LogP contribution is 2.24. The minimum atomic E-state index is -0.452. The van der Waals surface area contributed by atoms with E-state index in [9.17, 15) is 9.59 Å². The molecule has 0 aromatic carbocycles. The van der Waals surface area contributed by atoms with E-state index in [2.05, 4.69) is 10.5 Å². The Morgan fingerprint density at radius 1 is 1.28 bits per heavy atom. The molecule has 1 aromatic rings. The van der Waals surface area contributed by atoms with Crippen molar-refractivity contribution in [3.63, 3.8) is 0 Å². The molecule has 1 aliphatic rings. The number of pyridine rings is 1. The van der Waals surface area contributed by atoms with Crippen LogP contribution in [0.4, 0.5) is 0 Å². The molecule has 0 atom stereocenters. The van der Waals surface area contributed by atoms with Crippen LogP contribution in [0.25, 0.3) is 0 Å². The van der Waals surface area contributed by atoms with Gasteiger partial charge in [0.05, 0.1) is 11.5 Å². The number of amides is 1. The normalized spacial score (nSPS) is 16.0. The molecule has 0 unspecified atom stereocenters. The lowest BCUT2D eigenvalue weighted by Gasteiger charge is -2.19. The summed E-state index contributed by atoms with van der Waals surface area (Å²) < 4.78 is 0. The average molecular weight is 248 g/mol. The Morgan fingerprint density at radius 3 is 2.72 bits per heavy atom. The molecule has 1 aliphatic carbocycles. The van der Waals surface area contributed by atoms with E-state index < -0.39 is 5.91 Å². The van der Waals surface area contributed by atoms with Crippen molar-refractivity contribution in [1.29, 1.82) is 0 Å². The van der Waals surface area contributed by atoms with E-state index in [1.807, 2.05) is 0 Å². The summed E-state index contributed by atoms with van der Waals surface area (Å²) in [6.07, 6.45) is 7.97. The van der Waals surface area contributed by atoms with Gasteiger partial charge in [-0.25, -0.2) is 4.79 Å². The van der Waals surface area contributed by atoms with Crippen molar-refractivity contribution in [2.24, 2.45) is 5.92 Å². The summed E-state index contributed by atoms with van der Waals surface area (Å²) in [5.41, 5.74) is 2.54. The highest BCUT2D eigenvalue weighted by Gasteiger charge is 2.23. The number of hydroxylamine groups is 1. The third kappa shape index (κ3) is 3.29. The maximum Gasteiger partial charge on any atom is 0.335 e. The molecular formula is C13H16N2O3. The first kappa shape index (κ1) is 12.5. The molecule has 0 saturated heterocycles.